The van der Waals surface area contributed by atoms with Crippen LogP contribution in [-0.2, 0) is 22.6 Å². The SMILES string of the molecule is COCCC[C@@H]1C(=O)c2c(O)c(=O)c(C(=O)NCc3ccc(F)cc3F)cn2C[C@@H]1OC. The minimum atomic E-state index is -1.01. The van der Waals surface area contributed by atoms with Gasteiger partial charge in [-0.25, -0.2) is 8.78 Å². The largest absolute Gasteiger partial charge is 0.503 e. The molecule has 1 aromatic heterocycles. The number of aromatic hydroxyl groups is 1. The van der Waals surface area contributed by atoms with Gasteiger partial charge in [-0.05, 0) is 18.9 Å². The molecule has 172 valence electrons. The van der Waals surface area contributed by atoms with Gasteiger partial charge in [-0.2, -0.15) is 0 Å². The molecule has 8 nitrogen and oxygen atoms in total. The molecule has 1 aliphatic heterocycles. The lowest BCUT2D eigenvalue weighted by molar-refractivity contribution is 0.0204. The summed E-state index contributed by atoms with van der Waals surface area (Å²) in [6, 6.07) is 2.90. The molecule has 2 N–H and O–H groups in total. The number of nitrogens with zero attached hydrogens (tertiary/aromatic N) is 1. The molecule has 0 aliphatic carbocycles. The monoisotopic (exact) mass is 450 g/mol. The smallest absolute Gasteiger partial charge is 0.257 e. The molecule has 1 amide bonds. The third kappa shape index (κ3) is 4.71. The lowest BCUT2D eigenvalue weighted by Crippen LogP contribution is -2.42. The number of carbonyl (C=O) groups is 2. The van der Waals surface area contributed by atoms with Crippen molar-refractivity contribution in [3.05, 3.63) is 63.1 Å². The van der Waals surface area contributed by atoms with E-state index in [2.05, 4.69) is 5.32 Å². The highest BCUT2D eigenvalue weighted by Crippen LogP contribution is 2.30. The Morgan fingerprint density at radius 2 is 2.03 bits per heavy atom. The summed E-state index contributed by atoms with van der Waals surface area (Å²) in [5.74, 6) is -4.30. The van der Waals surface area contributed by atoms with E-state index >= 15 is 0 Å². The number of aromatic nitrogens is 1. The first-order chi connectivity index (χ1) is 15.3. The maximum absolute atomic E-state index is 13.8. The molecule has 0 saturated heterocycles. The van der Waals surface area contributed by atoms with Crippen LogP contribution in [0.1, 0.15) is 39.3 Å². The van der Waals surface area contributed by atoms with Gasteiger partial charge in [-0.3, -0.25) is 14.4 Å². The van der Waals surface area contributed by atoms with Gasteiger partial charge in [0.25, 0.3) is 5.91 Å². The van der Waals surface area contributed by atoms with Crippen molar-refractivity contribution in [1.82, 2.24) is 9.88 Å². The summed E-state index contributed by atoms with van der Waals surface area (Å²) >= 11 is 0. The van der Waals surface area contributed by atoms with Crippen LogP contribution in [0.4, 0.5) is 8.78 Å². The third-order valence-corrected chi connectivity index (χ3v) is 5.52. The number of Topliss-reactive ketones (excluding diaryl/α,β-unsaturated/α-hetero) is 1. The summed E-state index contributed by atoms with van der Waals surface area (Å²) in [5.41, 5.74) is -1.56. The first-order valence-corrected chi connectivity index (χ1v) is 10.0. The normalized spacial score (nSPS) is 17.8. The van der Waals surface area contributed by atoms with Gasteiger partial charge in [0.05, 0.1) is 12.0 Å². The Balaban J connectivity index is 1.86. The average Bonchev–Trinajstić information content (AvgIpc) is 2.76. The number of hydrogen-bond acceptors (Lipinski definition) is 6. The second kappa shape index (κ2) is 10.0. The Morgan fingerprint density at radius 3 is 2.69 bits per heavy atom. The van der Waals surface area contributed by atoms with Crippen molar-refractivity contribution in [2.24, 2.45) is 5.92 Å². The highest BCUT2D eigenvalue weighted by molar-refractivity contribution is 6.01. The van der Waals surface area contributed by atoms with Crippen LogP contribution in [0.25, 0.3) is 0 Å². The zero-order valence-corrected chi connectivity index (χ0v) is 17.7. The molecule has 2 heterocycles. The molecule has 1 aromatic carbocycles. The molecule has 2 atom stereocenters. The highest BCUT2D eigenvalue weighted by Gasteiger charge is 2.38. The molecule has 0 saturated carbocycles. The van der Waals surface area contributed by atoms with E-state index in [9.17, 15) is 28.3 Å². The summed E-state index contributed by atoms with van der Waals surface area (Å²) in [6.07, 6.45) is 1.71. The Hall–Kier alpha value is -3.11. The van der Waals surface area contributed by atoms with Gasteiger partial charge in [0.2, 0.25) is 5.43 Å². The van der Waals surface area contributed by atoms with Crippen LogP contribution in [0, 0.1) is 17.6 Å². The fraction of sp³-hybridized carbons (Fsp3) is 0.409. The lowest BCUT2D eigenvalue weighted by atomic mass is 9.86. The average molecular weight is 450 g/mol. The molecular weight excluding hydrogens is 426 g/mol. The number of nitrogens with one attached hydrogen (secondary N) is 1. The number of fused-ring (bicyclic) bond motifs is 1. The number of ether oxygens (including phenoxy) is 2. The van der Waals surface area contributed by atoms with E-state index in [4.69, 9.17) is 9.47 Å². The third-order valence-electron chi connectivity index (χ3n) is 5.52. The molecular formula is C22H24F2N2O6. The molecule has 32 heavy (non-hydrogen) atoms. The van der Waals surface area contributed by atoms with Gasteiger partial charge in [0.15, 0.2) is 11.5 Å². The number of ketones is 1. The minimum Gasteiger partial charge on any atom is -0.503 e. The number of hydrogen-bond donors (Lipinski definition) is 2. The molecule has 0 unspecified atom stereocenters. The maximum atomic E-state index is 13.8. The summed E-state index contributed by atoms with van der Waals surface area (Å²) in [6.45, 7) is 0.302. The van der Waals surface area contributed by atoms with Crippen LogP contribution in [0.15, 0.2) is 29.2 Å². The van der Waals surface area contributed by atoms with Crippen molar-refractivity contribution in [1.29, 1.82) is 0 Å². The maximum Gasteiger partial charge on any atom is 0.257 e. The second-order valence-electron chi connectivity index (χ2n) is 7.52. The lowest BCUT2D eigenvalue weighted by Gasteiger charge is -2.32. The molecule has 0 radical (unpaired) electrons. The fourth-order valence-electron chi connectivity index (χ4n) is 3.82. The molecule has 0 bridgehead atoms. The number of carbonyl (C=O) groups excluding carboxylic acids is 2. The molecule has 0 spiro atoms. The van der Waals surface area contributed by atoms with Gasteiger partial charge in [0, 0.05) is 51.7 Å². The number of methoxy groups -OCH3 is 2. The highest BCUT2D eigenvalue weighted by atomic mass is 19.1. The number of halogens is 2. The zero-order valence-electron chi connectivity index (χ0n) is 17.7. The van der Waals surface area contributed by atoms with Crippen LogP contribution in [0.5, 0.6) is 5.75 Å². The van der Waals surface area contributed by atoms with E-state index in [0.29, 0.717) is 25.5 Å². The van der Waals surface area contributed by atoms with Gasteiger partial charge in [-0.15, -0.1) is 0 Å². The summed E-state index contributed by atoms with van der Waals surface area (Å²) in [4.78, 5) is 38.2. The molecule has 2 aromatic rings. The fourth-order valence-corrected chi connectivity index (χ4v) is 3.82. The van der Waals surface area contributed by atoms with Crippen molar-refractivity contribution >= 4 is 11.7 Å². The predicted octanol–water partition coefficient (Wildman–Crippen LogP) is 2.02. The first kappa shape index (κ1) is 23.6. The first-order valence-electron chi connectivity index (χ1n) is 10.0. The van der Waals surface area contributed by atoms with E-state index < -0.39 is 52.1 Å². The Kier molecular flexibility index (Phi) is 7.37. The summed E-state index contributed by atoms with van der Waals surface area (Å²) in [5, 5.41) is 12.8. The van der Waals surface area contributed by atoms with Crippen LogP contribution in [0.3, 0.4) is 0 Å². The van der Waals surface area contributed by atoms with Crippen molar-refractivity contribution in [2.45, 2.75) is 32.0 Å². The molecule has 10 heteroatoms. The zero-order chi connectivity index (χ0) is 23.4. The van der Waals surface area contributed by atoms with Gasteiger partial charge in [0.1, 0.15) is 22.9 Å². The number of rotatable bonds is 8. The Morgan fingerprint density at radius 1 is 1.28 bits per heavy atom. The molecule has 0 fully saturated rings. The van der Waals surface area contributed by atoms with E-state index in [1.165, 1.54) is 23.9 Å². The van der Waals surface area contributed by atoms with E-state index in [1.54, 1.807) is 7.11 Å². The number of benzene rings is 1. The van der Waals surface area contributed by atoms with Crippen LogP contribution in [0.2, 0.25) is 0 Å². The second-order valence-corrected chi connectivity index (χ2v) is 7.52. The molecule has 1 aliphatic rings. The van der Waals surface area contributed by atoms with Crippen LogP contribution < -0.4 is 10.7 Å². The van der Waals surface area contributed by atoms with E-state index in [1.807, 2.05) is 0 Å². The quantitative estimate of drug-likeness (QED) is 0.596. The standard InChI is InChI=1S/C22H24F2N2O6/c1-31-7-3-4-14-17(32-2)11-26-10-15(20(28)21(29)18(26)19(14)27)22(30)25-9-12-5-6-13(23)8-16(12)24/h5-6,8,10,14,17,29H,3-4,7,9,11H2,1-2H3,(H,25,30)/t14-,17-/m0/s1. The van der Waals surface area contributed by atoms with Crippen molar-refractivity contribution in [3.8, 4) is 5.75 Å². The van der Waals surface area contributed by atoms with Gasteiger partial charge < -0.3 is 24.5 Å². The number of pyridine rings is 1. The Bertz CT molecular complexity index is 1080. The van der Waals surface area contributed by atoms with E-state index in [0.717, 1.165) is 6.07 Å². The predicted molar refractivity (Wildman–Crippen MR) is 110 cm³/mol. The molecule has 3 rings (SSSR count). The minimum absolute atomic E-state index is 0.0237. The Labute approximate surface area is 182 Å². The van der Waals surface area contributed by atoms with Gasteiger partial charge in [-0.1, -0.05) is 6.07 Å². The van der Waals surface area contributed by atoms with Crippen molar-refractivity contribution < 1.29 is 33.0 Å². The van der Waals surface area contributed by atoms with Crippen LogP contribution >= 0.6 is 0 Å². The van der Waals surface area contributed by atoms with Crippen molar-refractivity contribution in [2.75, 3.05) is 20.8 Å². The topological polar surface area (TPSA) is 107 Å². The van der Waals surface area contributed by atoms with E-state index in [-0.39, 0.29) is 24.3 Å². The summed E-state index contributed by atoms with van der Waals surface area (Å²) < 4.78 is 38.6. The van der Waals surface area contributed by atoms with Crippen molar-refractivity contribution in [3.63, 3.8) is 0 Å². The van der Waals surface area contributed by atoms with Crippen LogP contribution in [-0.4, -0.2) is 48.3 Å². The summed E-state index contributed by atoms with van der Waals surface area (Å²) in [7, 11) is 3.01. The van der Waals surface area contributed by atoms with Gasteiger partial charge >= 0.3 is 0 Å². The number of amides is 1.